The second-order valence-electron chi connectivity index (χ2n) is 8.72. The lowest BCUT2D eigenvalue weighted by atomic mass is 9.79. The summed E-state index contributed by atoms with van der Waals surface area (Å²) < 4.78 is 102. The van der Waals surface area contributed by atoms with E-state index in [4.69, 9.17) is 0 Å². The van der Waals surface area contributed by atoms with Crippen molar-refractivity contribution in [1.82, 2.24) is 0 Å². The van der Waals surface area contributed by atoms with Gasteiger partial charge in [0.25, 0.3) is 0 Å². The maximum absolute atomic E-state index is 14.6. The van der Waals surface area contributed by atoms with Crippen molar-refractivity contribution < 1.29 is 35.5 Å². The Bertz CT molecular complexity index is 1140. The first kappa shape index (κ1) is 24.1. The number of hydrogen-bond donors (Lipinski definition) is 0. The molecule has 1 fully saturated rings. The van der Waals surface area contributed by atoms with E-state index in [9.17, 15) is 30.7 Å². The fourth-order valence-electron chi connectivity index (χ4n) is 4.28. The summed E-state index contributed by atoms with van der Waals surface area (Å²) in [6.45, 7) is 2.22. The summed E-state index contributed by atoms with van der Waals surface area (Å²) in [6.07, 6.45) is -0.0895. The van der Waals surface area contributed by atoms with Crippen molar-refractivity contribution in [1.29, 1.82) is 0 Å². The minimum atomic E-state index is -4.53. The number of benzene rings is 3. The monoisotopic (exact) mass is 482 g/mol. The third-order valence-corrected chi connectivity index (χ3v) is 6.28. The Kier molecular flexibility index (Phi) is 6.60. The van der Waals surface area contributed by atoms with Crippen molar-refractivity contribution in [2.24, 2.45) is 5.92 Å². The first-order valence-corrected chi connectivity index (χ1v) is 10.9. The molecule has 180 valence electrons. The highest BCUT2D eigenvalue weighted by molar-refractivity contribution is 5.65. The summed E-state index contributed by atoms with van der Waals surface area (Å²) in [5.41, 5.74) is 0.287. The molecule has 0 saturated heterocycles. The predicted molar refractivity (Wildman–Crippen MR) is 113 cm³/mol. The summed E-state index contributed by atoms with van der Waals surface area (Å²) in [5.74, 6) is -8.88. The van der Waals surface area contributed by atoms with Crippen molar-refractivity contribution in [2.75, 3.05) is 0 Å². The van der Waals surface area contributed by atoms with E-state index in [1.54, 1.807) is 12.1 Å². The normalized spacial score (nSPS) is 18.7. The SMILES string of the molecule is CC1CCC(c2ccc(-c3cc(F)c(OC(F)(F)c4cc(F)c(F)c(F)c4)c(F)c3)cc2)CC1. The average molecular weight is 482 g/mol. The van der Waals surface area contributed by atoms with E-state index in [0.29, 0.717) is 17.4 Å². The molecule has 0 spiro atoms. The molecule has 0 N–H and O–H groups in total. The van der Waals surface area contributed by atoms with Crippen LogP contribution in [-0.2, 0) is 6.11 Å². The molecule has 8 heteroatoms. The second-order valence-corrected chi connectivity index (χ2v) is 8.72. The number of halogens is 7. The van der Waals surface area contributed by atoms with Gasteiger partial charge in [0.2, 0.25) is 0 Å². The van der Waals surface area contributed by atoms with E-state index < -0.39 is 46.5 Å². The van der Waals surface area contributed by atoms with Gasteiger partial charge in [-0.1, -0.05) is 44.0 Å². The Morgan fingerprint density at radius 2 is 1.24 bits per heavy atom. The van der Waals surface area contributed by atoms with Gasteiger partial charge < -0.3 is 4.74 Å². The molecule has 1 aliphatic carbocycles. The molecule has 3 aromatic rings. The molecule has 1 nitrogen and oxygen atoms in total. The minimum Gasteiger partial charge on any atom is -0.423 e. The van der Waals surface area contributed by atoms with Gasteiger partial charge in [-0.2, -0.15) is 8.78 Å². The highest BCUT2D eigenvalue weighted by Gasteiger charge is 2.38. The van der Waals surface area contributed by atoms with Crippen LogP contribution in [0, 0.1) is 35.0 Å². The number of alkyl halides is 2. The third-order valence-electron chi connectivity index (χ3n) is 6.28. The van der Waals surface area contributed by atoms with E-state index in [1.807, 2.05) is 12.1 Å². The van der Waals surface area contributed by atoms with Crippen molar-refractivity contribution >= 4 is 0 Å². The van der Waals surface area contributed by atoms with Gasteiger partial charge in [0.1, 0.15) is 0 Å². The molecular weight excluding hydrogens is 461 g/mol. The number of rotatable bonds is 5. The first-order chi connectivity index (χ1) is 16.0. The predicted octanol–water partition coefficient (Wildman–Crippen LogP) is 8.47. The second kappa shape index (κ2) is 9.31. The molecule has 0 bridgehead atoms. The Morgan fingerprint density at radius 3 is 1.76 bits per heavy atom. The Morgan fingerprint density at radius 1 is 0.706 bits per heavy atom. The largest absolute Gasteiger partial charge is 0.427 e. The fraction of sp³-hybridized carbons (Fsp3) is 0.308. The summed E-state index contributed by atoms with van der Waals surface area (Å²) in [7, 11) is 0. The van der Waals surface area contributed by atoms with Crippen LogP contribution in [0.2, 0.25) is 0 Å². The van der Waals surface area contributed by atoms with Crippen LogP contribution in [-0.4, -0.2) is 0 Å². The van der Waals surface area contributed by atoms with Gasteiger partial charge in [-0.05, 0) is 65.6 Å². The molecule has 1 saturated carbocycles. The van der Waals surface area contributed by atoms with E-state index in [0.717, 1.165) is 43.4 Å². The van der Waals surface area contributed by atoms with Crippen LogP contribution >= 0.6 is 0 Å². The van der Waals surface area contributed by atoms with Gasteiger partial charge >= 0.3 is 6.11 Å². The number of ether oxygens (including phenoxy) is 1. The summed E-state index contributed by atoms with van der Waals surface area (Å²) in [6, 6.07) is 8.86. The van der Waals surface area contributed by atoms with E-state index in [1.165, 1.54) is 0 Å². The van der Waals surface area contributed by atoms with E-state index in [2.05, 4.69) is 11.7 Å². The standard InChI is InChI=1S/C26H21F7O/c1-14-2-4-15(5-3-14)16-6-8-17(9-7-16)18-10-22(29)25(23(30)11-18)34-26(32,33)19-12-20(27)24(31)21(28)13-19/h6-15H,2-5H2,1H3. The molecular formula is C26H21F7O. The molecule has 34 heavy (non-hydrogen) atoms. The first-order valence-electron chi connectivity index (χ1n) is 10.9. The lowest BCUT2D eigenvalue weighted by Crippen LogP contribution is -2.24. The van der Waals surface area contributed by atoms with Gasteiger partial charge in [-0.25, -0.2) is 22.0 Å². The third kappa shape index (κ3) is 4.91. The Balaban J connectivity index is 1.56. The summed E-state index contributed by atoms with van der Waals surface area (Å²) in [4.78, 5) is 0. The smallest absolute Gasteiger partial charge is 0.423 e. The molecule has 0 unspecified atom stereocenters. The maximum atomic E-state index is 14.6. The summed E-state index contributed by atoms with van der Waals surface area (Å²) >= 11 is 0. The van der Waals surface area contributed by atoms with Crippen LogP contribution in [0.15, 0.2) is 48.5 Å². The van der Waals surface area contributed by atoms with Crippen LogP contribution in [0.3, 0.4) is 0 Å². The van der Waals surface area contributed by atoms with Crippen LogP contribution < -0.4 is 4.74 Å². The fourth-order valence-corrected chi connectivity index (χ4v) is 4.28. The molecule has 1 aliphatic rings. The van der Waals surface area contributed by atoms with Crippen LogP contribution in [0.4, 0.5) is 30.7 Å². The van der Waals surface area contributed by atoms with E-state index >= 15 is 0 Å². The lowest BCUT2D eigenvalue weighted by Gasteiger charge is -2.26. The van der Waals surface area contributed by atoms with Crippen LogP contribution in [0.5, 0.6) is 5.75 Å². The zero-order chi connectivity index (χ0) is 24.6. The highest BCUT2D eigenvalue weighted by Crippen LogP contribution is 2.39. The molecule has 0 aliphatic heterocycles. The van der Waals surface area contributed by atoms with Crippen LogP contribution in [0.1, 0.15) is 49.7 Å². The molecule has 0 amide bonds. The minimum absolute atomic E-state index is 0.00286. The molecule has 0 atom stereocenters. The number of hydrogen-bond acceptors (Lipinski definition) is 1. The van der Waals surface area contributed by atoms with Gasteiger partial charge in [-0.15, -0.1) is 0 Å². The van der Waals surface area contributed by atoms with Crippen molar-refractivity contribution in [2.45, 2.75) is 44.6 Å². The van der Waals surface area contributed by atoms with Gasteiger partial charge in [-0.3, -0.25) is 0 Å². The lowest BCUT2D eigenvalue weighted by molar-refractivity contribution is -0.188. The molecule has 0 aromatic heterocycles. The highest BCUT2D eigenvalue weighted by atomic mass is 19.3. The molecule has 4 rings (SSSR count). The van der Waals surface area contributed by atoms with E-state index in [-0.39, 0.29) is 17.7 Å². The zero-order valence-corrected chi connectivity index (χ0v) is 18.2. The van der Waals surface area contributed by atoms with Crippen molar-refractivity contribution in [3.05, 3.63) is 88.7 Å². The average Bonchev–Trinajstić information content (AvgIpc) is 2.80. The molecule has 0 heterocycles. The van der Waals surface area contributed by atoms with Gasteiger partial charge in [0.15, 0.2) is 34.8 Å². The summed E-state index contributed by atoms with van der Waals surface area (Å²) in [5, 5.41) is 0. The zero-order valence-electron chi connectivity index (χ0n) is 18.2. The quantitative estimate of drug-likeness (QED) is 0.262. The van der Waals surface area contributed by atoms with Crippen LogP contribution in [0.25, 0.3) is 11.1 Å². The van der Waals surface area contributed by atoms with Crippen molar-refractivity contribution in [3.63, 3.8) is 0 Å². The molecule has 0 radical (unpaired) electrons. The Hall–Kier alpha value is -3.03. The Labute approximate surface area is 192 Å². The van der Waals surface area contributed by atoms with Gasteiger partial charge in [0.05, 0.1) is 5.56 Å². The topological polar surface area (TPSA) is 9.23 Å². The van der Waals surface area contributed by atoms with Crippen molar-refractivity contribution in [3.8, 4) is 16.9 Å². The molecule has 3 aromatic carbocycles. The van der Waals surface area contributed by atoms with Gasteiger partial charge in [0, 0.05) is 0 Å². The maximum Gasteiger partial charge on any atom is 0.427 e.